The minimum atomic E-state index is -4.33. The maximum absolute atomic E-state index is 11.1. The van der Waals surface area contributed by atoms with Crippen molar-refractivity contribution in [2.45, 2.75) is 11.3 Å². The van der Waals surface area contributed by atoms with E-state index in [9.17, 15) is 8.42 Å². The zero-order chi connectivity index (χ0) is 17.6. The predicted molar refractivity (Wildman–Crippen MR) is 90.6 cm³/mol. The van der Waals surface area contributed by atoms with Crippen molar-refractivity contribution in [1.82, 2.24) is 0 Å². The molecule has 7 nitrogen and oxygen atoms in total. The lowest BCUT2D eigenvalue weighted by atomic mass is 10.3. The normalized spacial score (nSPS) is 11.4. The Morgan fingerprint density at radius 3 is 2.50 bits per heavy atom. The molecule has 2 aromatic carbocycles. The maximum Gasteiger partial charge on any atom is 0.294 e. The molecule has 2 rings (SSSR count). The molecular formula is C15H13ClN4O3S. The molecule has 0 aliphatic carbocycles. The summed E-state index contributed by atoms with van der Waals surface area (Å²) in [5.41, 5.74) is 1.51. The second-order valence-corrected chi connectivity index (χ2v) is 6.50. The van der Waals surface area contributed by atoms with E-state index in [0.717, 1.165) is 11.8 Å². The number of nitrogens with one attached hydrogen (secondary N) is 1. The van der Waals surface area contributed by atoms with E-state index in [1.165, 1.54) is 12.1 Å². The van der Waals surface area contributed by atoms with Crippen LogP contribution >= 0.6 is 11.6 Å². The van der Waals surface area contributed by atoms with Gasteiger partial charge in [-0.3, -0.25) is 4.55 Å². The topological polar surface area (TPSA) is 115 Å². The summed E-state index contributed by atoms with van der Waals surface area (Å²) in [6.45, 7) is 0.551. The van der Waals surface area contributed by atoms with E-state index in [1.807, 2.05) is 6.07 Å². The molecule has 0 atom stereocenters. The first-order chi connectivity index (χ1) is 11.4. The molecule has 0 spiro atoms. The highest BCUT2D eigenvalue weighted by molar-refractivity contribution is 7.85. The van der Waals surface area contributed by atoms with Crippen LogP contribution in [0.25, 0.3) is 0 Å². The van der Waals surface area contributed by atoms with Crippen molar-refractivity contribution in [2.75, 3.05) is 11.9 Å². The monoisotopic (exact) mass is 364 g/mol. The molecule has 0 amide bonds. The number of hydrogen-bond acceptors (Lipinski definition) is 6. The van der Waals surface area contributed by atoms with Gasteiger partial charge in [-0.15, -0.1) is 5.11 Å². The van der Waals surface area contributed by atoms with Crippen LogP contribution in [0.15, 0.2) is 57.6 Å². The Morgan fingerprint density at radius 2 is 1.88 bits per heavy atom. The van der Waals surface area contributed by atoms with Crippen LogP contribution in [-0.2, 0) is 10.1 Å². The van der Waals surface area contributed by atoms with Crippen LogP contribution in [0.5, 0.6) is 0 Å². The molecular weight excluding hydrogens is 352 g/mol. The van der Waals surface area contributed by atoms with E-state index in [2.05, 4.69) is 15.5 Å². The summed E-state index contributed by atoms with van der Waals surface area (Å²) in [6, 6.07) is 12.7. The fourth-order valence-corrected chi connectivity index (χ4v) is 2.41. The van der Waals surface area contributed by atoms with Gasteiger partial charge in [0, 0.05) is 12.2 Å². The molecule has 0 unspecified atom stereocenters. The summed E-state index contributed by atoms with van der Waals surface area (Å²) in [5, 5.41) is 19.6. The minimum absolute atomic E-state index is 0.128. The highest BCUT2D eigenvalue weighted by Gasteiger charge is 2.11. The van der Waals surface area contributed by atoms with Gasteiger partial charge in [-0.1, -0.05) is 11.6 Å². The van der Waals surface area contributed by atoms with Gasteiger partial charge in [-0.25, -0.2) is 0 Å². The molecule has 124 valence electrons. The van der Waals surface area contributed by atoms with Crippen LogP contribution < -0.4 is 5.32 Å². The number of nitrogens with zero attached hydrogens (tertiary/aromatic N) is 3. The third kappa shape index (κ3) is 5.03. The van der Waals surface area contributed by atoms with Crippen LogP contribution in [0.1, 0.15) is 6.42 Å². The Morgan fingerprint density at radius 1 is 1.17 bits per heavy atom. The van der Waals surface area contributed by atoms with Crippen molar-refractivity contribution in [3.63, 3.8) is 0 Å². The Balaban J connectivity index is 2.15. The second kappa shape index (κ2) is 7.88. The number of nitriles is 1. The van der Waals surface area contributed by atoms with E-state index in [4.69, 9.17) is 21.4 Å². The smallest absolute Gasteiger partial charge is 0.294 e. The highest BCUT2D eigenvalue weighted by atomic mass is 35.5. The van der Waals surface area contributed by atoms with Gasteiger partial charge in [0.1, 0.15) is 5.69 Å². The Hall–Kier alpha value is -2.47. The molecule has 0 fully saturated rings. The molecule has 0 bridgehead atoms. The highest BCUT2D eigenvalue weighted by Crippen LogP contribution is 2.29. The molecule has 0 radical (unpaired) electrons. The molecule has 0 heterocycles. The Labute approximate surface area is 144 Å². The fourth-order valence-electron chi connectivity index (χ4n) is 1.75. The molecule has 0 saturated carbocycles. The van der Waals surface area contributed by atoms with Crippen molar-refractivity contribution in [3.05, 3.63) is 47.5 Å². The number of anilines is 1. The lowest BCUT2D eigenvalue weighted by Gasteiger charge is -2.03. The molecule has 9 heteroatoms. The van der Waals surface area contributed by atoms with Gasteiger partial charge >= 0.3 is 0 Å². The van der Waals surface area contributed by atoms with Gasteiger partial charge in [-0.05, 0) is 42.5 Å². The maximum atomic E-state index is 11.1. The fraction of sp³-hybridized carbons (Fsp3) is 0.133. The minimum Gasteiger partial charge on any atom is -0.384 e. The van der Waals surface area contributed by atoms with Crippen LogP contribution in [0.2, 0.25) is 5.02 Å². The zero-order valence-electron chi connectivity index (χ0n) is 12.3. The van der Waals surface area contributed by atoms with Crippen molar-refractivity contribution >= 4 is 38.8 Å². The van der Waals surface area contributed by atoms with Gasteiger partial charge < -0.3 is 5.32 Å². The number of hydrogen-bond donors (Lipinski definition) is 2. The molecule has 0 aromatic heterocycles. The molecule has 0 aliphatic heterocycles. The molecule has 0 saturated heterocycles. The third-order valence-electron chi connectivity index (χ3n) is 2.92. The largest absolute Gasteiger partial charge is 0.384 e. The number of rotatable bonds is 6. The van der Waals surface area contributed by atoms with Crippen molar-refractivity contribution in [2.24, 2.45) is 10.2 Å². The second-order valence-electron chi connectivity index (χ2n) is 4.67. The van der Waals surface area contributed by atoms with Gasteiger partial charge in [0.05, 0.1) is 28.1 Å². The van der Waals surface area contributed by atoms with Crippen LogP contribution in [-0.4, -0.2) is 19.5 Å². The molecule has 0 aliphatic rings. The quantitative estimate of drug-likeness (QED) is 0.449. The lowest BCUT2D eigenvalue weighted by Crippen LogP contribution is -1.99. The van der Waals surface area contributed by atoms with E-state index in [1.54, 1.807) is 24.3 Å². The van der Waals surface area contributed by atoms with Crippen LogP contribution in [0.3, 0.4) is 0 Å². The first kappa shape index (κ1) is 17.9. The van der Waals surface area contributed by atoms with Gasteiger partial charge in [0.2, 0.25) is 0 Å². The molecule has 2 N–H and O–H groups in total. The molecule has 24 heavy (non-hydrogen) atoms. The lowest BCUT2D eigenvalue weighted by molar-refractivity contribution is 0.483. The summed E-state index contributed by atoms with van der Waals surface area (Å²) in [6.07, 6.45) is 0.407. The number of azo groups is 1. The van der Waals surface area contributed by atoms with E-state index in [-0.39, 0.29) is 15.6 Å². The van der Waals surface area contributed by atoms with Crippen molar-refractivity contribution in [3.8, 4) is 6.07 Å². The van der Waals surface area contributed by atoms with Gasteiger partial charge in [0.25, 0.3) is 10.1 Å². The van der Waals surface area contributed by atoms with Gasteiger partial charge in [-0.2, -0.15) is 18.8 Å². The van der Waals surface area contributed by atoms with Crippen LogP contribution in [0, 0.1) is 11.3 Å². The average molecular weight is 365 g/mol. The first-order valence-corrected chi connectivity index (χ1v) is 8.61. The summed E-state index contributed by atoms with van der Waals surface area (Å²) in [7, 11) is -4.33. The average Bonchev–Trinajstić information content (AvgIpc) is 2.54. The summed E-state index contributed by atoms with van der Waals surface area (Å²) >= 11 is 5.94. The third-order valence-corrected chi connectivity index (χ3v) is 4.09. The van der Waals surface area contributed by atoms with Crippen molar-refractivity contribution < 1.29 is 13.0 Å². The Bertz CT molecular complexity index is 890. The SMILES string of the molecule is N#CCCNc1ccc(N=Nc2cc(S(=O)(=O)O)ccc2Cl)cc1. The van der Waals surface area contributed by atoms with E-state index in [0.29, 0.717) is 18.7 Å². The molecule has 2 aromatic rings. The summed E-state index contributed by atoms with van der Waals surface area (Å²) in [4.78, 5) is -0.308. The summed E-state index contributed by atoms with van der Waals surface area (Å²) < 4.78 is 31.3. The van der Waals surface area contributed by atoms with E-state index < -0.39 is 10.1 Å². The van der Waals surface area contributed by atoms with Gasteiger partial charge in [0.15, 0.2) is 0 Å². The van der Waals surface area contributed by atoms with Crippen molar-refractivity contribution in [1.29, 1.82) is 5.26 Å². The standard InChI is InChI=1S/C15H13ClN4O3S/c16-14-7-6-13(24(21,22)23)10-15(14)20-19-12-4-2-11(3-5-12)18-9-1-8-17/h2-7,10,18H,1,9H2,(H,21,22,23). The first-order valence-electron chi connectivity index (χ1n) is 6.80. The Kier molecular flexibility index (Phi) is 5.87. The van der Waals surface area contributed by atoms with Crippen LogP contribution in [0.4, 0.5) is 17.1 Å². The predicted octanol–water partition coefficient (Wildman–Crippen LogP) is 4.33. The van der Waals surface area contributed by atoms with E-state index >= 15 is 0 Å². The number of halogens is 1. The number of benzene rings is 2. The zero-order valence-corrected chi connectivity index (χ0v) is 13.9. The summed E-state index contributed by atoms with van der Waals surface area (Å²) in [5.74, 6) is 0.